The van der Waals surface area contributed by atoms with E-state index in [4.69, 9.17) is 11.6 Å². The monoisotopic (exact) mass is 203 g/mol. The number of benzene rings is 1. The summed E-state index contributed by atoms with van der Waals surface area (Å²) in [6.45, 7) is 1.78. The van der Waals surface area contributed by atoms with Gasteiger partial charge in [0.05, 0.1) is 10.8 Å². The van der Waals surface area contributed by atoms with Gasteiger partial charge in [-0.3, -0.25) is 0 Å². The van der Waals surface area contributed by atoms with Gasteiger partial charge in [0.15, 0.2) is 0 Å². The second kappa shape index (κ2) is 3.92. The molecule has 0 aromatic heterocycles. The van der Waals surface area contributed by atoms with Gasteiger partial charge in [-0.1, -0.05) is 23.7 Å². The summed E-state index contributed by atoms with van der Waals surface area (Å²) in [4.78, 5) is 0. The van der Waals surface area contributed by atoms with Crippen LogP contribution in [0.15, 0.2) is 12.1 Å². The van der Waals surface area contributed by atoms with Gasteiger partial charge in [0.25, 0.3) is 0 Å². The Morgan fingerprint density at radius 1 is 1.58 bits per heavy atom. The molecule has 0 aliphatic heterocycles. The van der Waals surface area contributed by atoms with Crippen molar-refractivity contribution in [2.45, 2.75) is 12.7 Å². The molecule has 0 aliphatic carbocycles. The molecule has 0 spiro atoms. The molecule has 1 radical (unpaired) electrons. The van der Waals surface area contributed by atoms with Crippen molar-refractivity contribution < 1.29 is 8.42 Å². The minimum Gasteiger partial charge on any atom is -0.232 e. The van der Waals surface area contributed by atoms with Gasteiger partial charge >= 0.3 is 0 Å². The van der Waals surface area contributed by atoms with Gasteiger partial charge in [0.1, 0.15) is 10.7 Å². The Labute approximate surface area is 78.1 Å². The molecule has 4 heteroatoms. The molecule has 0 fully saturated rings. The van der Waals surface area contributed by atoms with Gasteiger partial charge in [0, 0.05) is 6.07 Å². The van der Waals surface area contributed by atoms with Crippen LogP contribution in [0.5, 0.6) is 0 Å². The minimum atomic E-state index is -2.38. The van der Waals surface area contributed by atoms with Crippen LogP contribution in [0.4, 0.5) is 0 Å². The Hall–Kier alpha value is -0.540. The van der Waals surface area contributed by atoms with E-state index in [-0.39, 0.29) is 5.75 Å². The Morgan fingerprint density at radius 2 is 2.25 bits per heavy atom. The summed E-state index contributed by atoms with van der Waals surface area (Å²) in [5, 5.41) is 0.490. The van der Waals surface area contributed by atoms with Crippen LogP contribution in [0, 0.1) is 13.0 Å². The highest BCUT2D eigenvalue weighted by Crippen LogP contribution is 2.18. The lowest BCUT2D eigenvalue weighted by atomic mass is 10.1. The van der Waals surface area contributed by atoms with Crippen molar-refractivity contribution in [3.63, 3.8) is 0 Å². The van der Waals surface area contributed by atoms with Crippen LogP contribution in [0.25, 0.3) is 0 Å². The van der Waals surface area contributed by atoms with E-state index in [2.05, 4.69) is 6.07 Å². The molecule has 2 nitrogen and oxygen atoms in total. The van der Waals surface area contributed by atoms with Crippen LogP contribution in [0.2, 0.25) is 5.02 Å². The summed E-state index contributed by atoms with van der Waals surface area (Å²) in [6, 6.07) is 6.12. The van der Waals surface area contributed by atoms with E-state index in [1.54, 1.807) is 19.1 Å². The molecule has 0 bridgehead atoms. The van der Waals surface area contributed by atoms with Crippen LogP contribution in [0.3, 0.4) is 0 Å². The van der Waals surface area contributed by atoms with Gasteiger partial charge in [-0.2, -0.15) is 0 Å². The molecule has 0 heterocycles. The number of rotatable bonds is 2. The molecule has 1 aromatic rings. The maximum atomic E-state index is 10.4. The Balaban J connectivity index is 3.08. The fourth-order valence-corrected chi connectivity index (χ4v) is 1.71. The van der Waals surface area contributed by atoms with Crippen LogP contribution < -0.4 is 0 Å². The number of halogens is 1. The first kappa shape index (κ1) is 9.55. The van der Waals surface area contributed by atoms with E-state index in [1.807, 2.05) is 0 Å². The van der Waals surface area contributed by atoms with Crippen LogP contribution in [0.1, 0.15) is 11.1 Å². The third-order valence-electron chi connectivity index (χ3n) is 1.60. The fourth-order valence-electron chi connectivity index (χ4n) is 0.900. The highest BCUT2D eigenvalue weighted by molar-refractivity contribution is 7.71. The van der Waals surface area contributed by atoms with E-state index >= 15 is 0 Å². The summed E-state index contributed by atoms with van der Waals surface area (Å²) >= 11 is 5.74. The summed E-state index contributed by atoms with van der Waals surface area (Å²) < 4.78 is 20.8. The second-order valence-electron chi connectivity index (χ2n) is 2.43. The third-order valence-corrected chi connectivity index (χ3v) is 2.60. The molecular weight excluding hydrogens is 196 g/mol. The van der Waals surface area contributed by atoms with Gasteiger partial charge in [-0.15, -0.1) is 0 Å². The molecule has 12 heavy (non-hydrogen) atoms. The van der Waals surface area contributed by atoms with Crippen molar-refractivity contribution in [2.75, 3.05) is 0 Å². The molecule has 0 saturated carbocycles. The van der Waals surface area contributed by atoms with Crippen molar-refractivity contribution in [2.24, 2.45) is 0 Å². The van der Waals surface area contributed by atoms with E-state index in [9.17, 15) is 8.42 Å². The highest BCUT2D eigenvalue weighted by Gasteiger charge is 2.02. The Kier molecular flexibility index (Phi) is 3.12. The van der Waals surface area contributed by atoms with E-state index in [1.165, 1.54) is 0 Å². The van der Waals surface area contributed by atoms with E-state index in [0.717, 1.165) is 11.1 Å². The molecule has 65 valence electrons. The molecule has 1 rings (SSSR count). The summed E-state index contributed by atoms with van der Waals surface area (Å²) in [5.74, 6) is 0.0512. The molecule has 0 aliphatic rings. The van der Waals surface area contributed by atoms with E-state index < -0.39 is 10.7 Å². The lowest BCUT2D eigenvalue weighted by Gasteiger charge is -2.01. The zero-order valence-corrected chi connectivity index (χ0v) is 8.15. The van der Waals surface area contributed by atoms with Crippen molar-refractivity contribution >= 4 is 22.3 Å². The molecule has 0 atom stereocenters. The zero-order chi connectivity index (χ0) is 9.14. The second-order valence-corrected chi connectivity index (χ2v) is 3.79. The van der Waals surface area contributed by atoms with Crippen LogP contribution in [-0.2, 0) is 16.5 Å². The van der Waals surface area contributed by atoms with E-state index in [0.29, 0.717) is 5.02 Å². The zero-order valence-electron chi connectivity index (χ0n) is 6.50. The molecule has 0 unspecified atom stereocenters. The minimum absolute atomic E-state index is 0.0512. The van der Waals surface area contributed by atoms with Crippen molar-refractivity contribution in [1.82, 2.24) is 0 Å². The quantitative estimate of drug-likeness (QED) is 0.741. The molecule has 0 N–H and O–H groups in total. The highest BCUT2D eigenvalue weighted by atomic mass is 35.5. The fraction of sp³-hybridized carbons (Fsp3) is 0.250. The lowest BCUT2D eigenvalue weighted by molar-refractivity contribution is 0.614. The van der Waals surface area contributed by atoms with Gasteiger partial charge in [0.2, 0.25) is 0 Å². The number of thiol groups is 1. The smallest absolute Gasteiger partial charge is 0.144 e. The topological polar surface area (TPSA) is 34.1 Å². The standard InChI is InChI=1S/C8H8ClO2S/c1-6-7(5-12(10)11)3-2-4-8(6)9/h2-3,12H,5H2,1H3. The number of hydrogen-bond acceptors (Lipinski definition) is 2. The molecule has 0 saturated heterocycles. The summed E-state index contributed by atoms with van der Waals surface area (Å²) in [7, 11) is -2.38. The first-order valence-electron chi connectivity index (χ1n) is 3.38. The van der Waals surface area contributed by atoms with Crippen molar-refractivity contribution in [3.05, 3.63) is 34.3 Å². The average molecular weight is 204 g/mol. The molecule has 1 aromatic carbocycles. The van der Waals surface area contributed by atoms with Crippen LogP contribution >= 0.6 is 11.6 Å². The van der Waals surface area contributed by atoms with Crippen molar-refractivity contribution in [3.8, 4) is 0 Å². The predicted molar refractivity (Wildman–Crippen MR) is 49.0 cm³/mol. The summed E-state index contributed by atoms with van der Waals surface area (Å²) in [6.07, 6.45) is 0. The third kappa shape index (κ3) is 2.22. The predicted octanol–water partition coefficient (Wildman–Crippen LogP) is 1.56. The van der Waals surface area contributed by atoms with Crippen LogP contribution in [-0.4, -0.2) is 8.42 Å². The summed E-state index contributed by atoms with van der Waals surface area (Å²) in [5.41, 5.74) is 1.54. The average Bonchev–Trinajstić information content (AvgIpc) is 1.98. The van der Waals surface area contributed by atoms with Crippen molar-refractivity contribution in [1.29, 1.82) is 0 Å². The SMILES string of the molecule is Cc1c(Cl)[c]ccc1C[SH](=O)=O. The first-order valence-corrected chi connectivity index (χ1v) is 5.13. The largest absolute Gasteiger partial charge is 0.232 e. The molecule has 0 amide bonds. The Morgan fingerprint density at radius 3 is 2.83 bits per heavy atom. The first-order chi connectivity index (χ1) is 5.61. The Bertz CT molecular complexity index is 350. The van der Waals surface area contributed by atoms with Gasteiger partial charge in [-0.05, 0) is 18.1 Å². The normalized spacial score (nSPS) is 10.6. The maximum absolute atomic E-state index is 10.4. The molecular formula is C8H8ClO2S. The van der Waals surface area contributed by atoms with Gasteiger partial charge in [-0.25, -0.2) is 8.42 Å². The maximum Gasteiger partial charge on any atom is 0.144 e. The van der Waals surface area contributed by atoms with Gasteiger partial charge < -0.3 is 0 Å². The lowest BCUT2D eigenvalue weighted by Crippen LogP contribution is -1.91. The number of hydrogen-bond donors (Lipinski definition) is 1.